The number of anilines is 1. The van der Waals surface area contributed by atoms with Crippen LogP contribution < -0.4 is 14.8 Å². The minimum Gasteiger partial charge on any atom is -0.487 e. The molecule has 0 radical (unpaired) electrons. The molecule has 2 aromatic carbocycles. The van der Waals surface area contributed by atoms with Gasteiger partial charge in [0.25, 0.3) is 5.91 Å². The van der Waals surface area contributed by atoms with Crippen molar-refractivity contribution in [1.82, 2.24) is 9.38 Å². The molecule has 0 spiro atoms. The van der Waals surface area contributed by atoms with Crippen molar-refractivity contribution in [2.75, 3.05) is 5.32 Å². The van der Waals surface area contributed by atoms with E-state index in [0.717, 1.165) is 11.3 Å². The summed E-state index contributed by atoms with van der Waals surface area (Å²) in [6, 6.07) is 21.7. The number of rotatable bonds is 7. The number of hydrogen-bond acceptors (Lipinski definition) is 5. The van der Waals surface area contributed by atoms with E-state index in [1.165, 1.54) is 0 Å². The normalized spacial score (nSPS) is 11.5. The van der Waals surface area contributed by atoms with Gasteiger partial charge in [-0.05, 0) is 49.4 Å². The van der Waals surface area contributed by atoms with Gasteiger partial charge in [-0.2, -0.15) is 5.26 Å². The first-order valence-corrected chi connectivity index (χ1v) is 9.74. The van der Waals surface area contributed by atoms with Crippen molar-refractivity contribution >= 4 is 17.2 Å². The Balaban J connectivity index is 1.36. The molecule has 0 aliphatic carbocycles. The molecule has 1 amide bonds. The monoisotopic (exact) mass is 412 g/mol. The topological polar surface area (TPSA) is 88.6 Å². The lowest BCUT2D eigenvalue weighted by atomic mass is 10.2. The molecule has 1 atom stereocenters. The first kappa shape index (κ1) is 20.0. The fraction of sp³-hybridized carbons (Fsp3) is 0.125. The van der Waals surface area contributed by atoms with E-state index in [-0.39, 0.29) is 5.91 Å². The van der Waals surface area contributed by atoms with Crippen LogP contribution in [0.4, 0.5) is 5.69 Å². The summed E-state index contributed by atoms with van der Waals surface area (Å²) >= 11 is 0. The number of pyridine rings is 1. The summed E-state index contributed by atoms with van der Waals surface area (Å²) < 4.78 is 13.4. The molecule has 4 rings (SSSR count). The van der Waals surface area contributed by atoms with Crippen LogP contribution in [0.1, 0.15) is 18.2 Å². The van der Waals surface area contributed by atoms with Gasteiger partial charge >= 0.3 is 0 Å². The molecule has 1 N–H and O–H groups in total. The standard InChI is InChI=1S/C24H20N4O3/c1-17(31-22-9-4-6-18(12-22)14-25)24(29)27-19-7-5-8-21(13-19)30-16-20-15-28-11-3-2-10-23(28)26-20/h2-13,15,17H,16H2,1H3,(H,27,29). The van der Waals surface area contributed by atoms with Gasteiger partial charge in [-0.1, -0.05) is 18.2 Å². The minimum atomic E-state index is -0.739. The lowest BCUT2D eigenvalue weighted by Crippen LogP contribution is -2.30. The first-order chi connectivity index (χ1) is 15.1. The number of ether oxygens (including phenoxy) is 2. The number of aromatic nitrogens is 2. The molecule has 0 aliphatic heterocycles. The van der Waals surface area contributed by atoms with E-state index in [9.17, 15) is 4.79 Å². The van der Waals surface area contributed by atoms with Crippen LogP contribution in [0.15, 0.2) is 79.1 Å². The number of imidazole rings is 1. The third kappa shape index (κ3) is 5.00. The molecule has 0 saturated heterocycles. The Morgan fingerprint density at radius 1 is 1.13 bits per heavy atom. The molecule has 7 nitrogen and oxygen atoms in total. The largest absolute Gasteiger partial charge is 0.487 e. The van der Waals surface area contributed by atoms with Gasteiger partial charge in [0.15, 0.2) is 6.10 Å². The van der Waals surface area contributed by atoms with Crippen LogP contribution in [-0.4, -0.2) is 21.4 Å². The summed E-state index contributed by atoms with van der Waals surface area (Å²) in [7, 11) is 0. The zero-order valence-electron chi connectivity index (χ0n) is 16.9. The predicted molar refractivity (Wildman–Crippen MR) is 116 cm³/mol. The van der Waals surface area contributed by atoms with Crippen molar-refractivity contribution in [3.05, 3.63) is 90.4 Å². The average Bonchev–Trinajstić information content (AvgIpc) is 3.21. The van der Waals surface area contributed by atoms with E-state index in [1.54, 1.807) is 49.4 Å². The fourth-order valence-electron chi connectivity index (χ4n) is 3.02. The minimum absolute atomic E-state index is 0.306. The van der Waals surface area contributed by atoms with Crippen molar-refractivity contribution in [3.8, 4) is 17.6 Å². The lowest BCUT2D eigenvalue weighted by molar-refractivity contribution is -0.122. The van der Waals surface area contributed by atoms with Crippen molar-refractivity contribution in [2.24, 2.45) is 0 Å². The Bertz CT molecular complexity index is 1230. The van der Waals surface area contributed by atoms with Gasteiger partial charge in [0.05, 0.1) is 17.3 Å². The number of nitrogens with one attached hydrogen (secondary N) is 1. The highest BCUT2D eigenvalue weighted by Gasteiger charge is 2.15. The molecule has 0 saturated carbocycles. The molecule has 31 heavy (non-hydrogen) atoms. The number of amides is 1. The van der Waals surface area contributed by atoms with Crippen LogP contribution in [0.3, 0.4) is 0 Å². The fourth-order valence-corrected chi connectivity index (χ4v) is 3.02. The van der Waals surface area contributed by atoms with Crippen molar-refractivity contribution in [3.63, 3.8) is 0 Å². The predicted octanol–water partition coefficient (Wildman–Crippen LogP) is 4.19. The molecule has 2 aromatic heterocycles. The quantitative estimate of drug-likeness (QED) is 0.492. The van der Waals surface area contributed by atoms with Gasteiger partial charge in [0.1, 0.15) is 23.8 Å². The highest BCUT2D eigenvalue weighted by Crippen LogP contribution is 2.20. The number of nitrogens with zero attached hydrogens (tertiary/aromatic N) is 3. The molecule has 7 heteroatoms. The van der Waals surface area contributed by atoms with E-state index >= 15 is 0 Å². The zero-order chi connectivity index (χ0) is 21.6. The van der Waals surface area contributed by atoms with Gasteiger partial charge in [-0.15, -0.1) is 0 Å². The highest BCUT2D eigenvalue weighted by atomic mass is 16.5. The summed E-state index contributed by atoms with van der Waals surface area (Å²) in [5.41, 5.74) is 2.73. The molecule has 0 aliphatic rings. The van der Waals surface area contributed by atoms with Gasteiger partial charge in [-0.3, -0.25) is 4.79 Å². The van der Waals surface area contributed by atoms with Crippen LogP contribution in [-0.2, 0) is 11.4 Å². The van der Waals surface area contributed by atoms with Gasteiger partial charge < -0.3 is 19.2 Å². The smallest absolute Gasteiger partial charge is 0.265 e. The average molecular weight is 412 g/mol. The van der Waals surface area contributed by atoms with Crippen molar-refractivity contribution < 1.29 is 14.3 Å². The summed E-state index contributed by atoms with van der Waals surface area (Å²) in [5, 5.41) is 11.8. The third-order valence-electron chi connectivity index (χ3n) is 4.55. The molecule has 1 unspecified atom stereocenters. The zero-order valence-corrected chi connectivity index (χ0v) is 16.9. The number of carbonyl (C=O) groups is 1. The molecular weight excluding hydrogens is 392 g/mol. The van der Waals surface area contributed by atoms with E-state index < -0.39 is 6.10 Å². The third-order valence-corrected chi connectivity index (χ3v) is 4.55. The van der Waals surface area contributed by atoms with E-state index in [4.69, 9.17) is 14.7 Å². The number of carbonyl (C=O) groups excluding carboxylic acids is 1. The van der Waals surface area contributed by atoms with Gasteiger partial charge in [0.2, 0.25) is 0 Å². The van der Waals surface area contributed by atoms with Crippen molar-refractivity contribution in [1.29, 1.82) is 5.26 Å². The molecule has 154 valence electrons. The van der Waals surface area contributed by atoms with E-state index in [2.05, 4.69) is 10.3 Å². The summed E-state index contributed by atoms with van der Waals surface area (Å²) in [6.07, 6.45) is 3.11. The molecule has 0 bridgehead atoms. The Morgan fingerprint density at radius 3 is 2.81 bits per heavy atom. The number of benzene rings is 2. The Kier molecular flexibility index (Phi) is 5.81. The Hall–Kier alpha value is -4.31. The van der Waals surface area contributed by atoms with Crippen LogP contribution in [0.5, 0.6) is 11.5 Å². The highest BCUT2D eigenvalue weighted by molar-refractivity contribution is 5.94. The van der Waals surface area contributed by atoms with Gasteiger partial charge in [0, 0.05) is 24.1 Å². The summed E-state index contributed by atoms with van der Waals surface area (Å²) in [6.45, 7) is 1.96. The second-order valence-corrected chi connectivity index (χ2v) is 6.90. The SMILES string of the molecule is CC(Oc1cccc(C#N)c1)C(=O)Nc1cccc(OCc2cn3ccccc3n2)c1. The van der Waals surface area contributed by atoms with Crippen molar-refractivity contribution in [2.45, 2.75) is 19.6 Å². The molecule has 4 aromatic rings. The second kappa shape index (κ2) is 9.01. The first-order valence-electron chi connectivity index (χ1n) is 9.74. The molecule has 2 heterocycles. The summed E-state index contributed by atoms with van der Waals surface area (Å²) in [5.74, 6) is 0.774. The van der Waals surface area contributed by atoms with E-state index in [1.807, 2.05) is 47.1 Å². The van der Waals surface area contributed by atoms with Crippen LogP contribution in [0, 0.1) is 11.3 Å². The van der Waals surface area contributed by atoms with E-state index in [0.29, 0.717) is 29.4 Å². The maximum absolute atomic E-state index is 12.5. The van der Waals surface area contributed by atoms with Crippen LogP contribution >= 0.6 is 0 Å². The van der Waals surface area contributed by atoms with Crippen LogP contribution in [0.2, 0.25) is 0 Å². The molecular formula is C24H20N4O3. The Labute approximate surface area is 179 Å². The van der Waals surface area contributed by atoms with Gasteiger partial charge in [-0.25, -0.2) is 4.98 Å². The number of hydrogen-bond donors (Lipinski definition) is 1. The molecule has 0 fully saturated rings. The van der Waals surface area contributed by atoms with Crippen LogP contribution in [0.25, 0.3) is 5.65 Å². The lowest BCUT2D eigenvalue weighted by Gasteiger charge is -2.15. The summed E-state index contributed by atoms with van der Waals surface area (Å²) in [4.78, 5) is 17.0. The second-order valence-electron chi connectivity index (χ2n) is 6.90. The maximum Gasteiger partial charge on any atom is 0.265 e. The Morgan fingerprint density at radius 2 is 1.97 bits per heavy atom. The number of nitriles is 1. The maximum atomic E-state index is 12.5. The number of fused-ring (bicyclic) bond motifs is 1.